The molecule has 3 aliphatic rings. The van der Waals surface area contributed by atoms with Crippen molar-refractivity contribution < 1.29 is 19.2 Å². The summed E-state index contributed by atoms with van der Waals surface area (Å²) < 4.78 is 2.30. The van der Waals surface area contributed by atoms with Gasteiger partial charge in [0.25, 0.3) is 0 Å². The van der Waals surface area contributed by atoms with Gasteiger partial charge in [-0.25, -0.2) is 19.9 Å². The number of piperazine rings is 3. The summed E-state index contributed by atoms with van der Waals surface area (Å²) >= 11 is 14.1. The molecular weight excluding hydrogens is 535 g/mol. The van der Waals surface area contributed by atoms with Gasteiger partial charge >= 0.3 is 0 Å². The fraction of sp³-hybridized carbons (Fsp3) is 0.667. The maximum absolute atomic E-state index is 9.89. The third-order valence-electron chi connectivity index (χ3n) is 8.53. The lowest BCUT2D eigenvalue weighted by atomic mass is 10.1. The van der Waals surface area contributed by atoms with Crippen molar-refractivity contribution in [1.82, 2.24) is 19.9 Å². The SMILES string of the molecule is CSc1nc(Cl)c(CO)c(N2CC[N+]3(CC2)CC[N+]2(CCN(c4nc(C)nc(Cl)c4CO)CC2)CC3)n1. The maximum atomic E-state index is 9.89. The molecule has 2 N–H and O–H groups in total. The number of aliphatic hydroxyl groups is 2. The van der Waals surface area contributed by atoms with E-state index in [1.54, 1.807) is 0 Å². The van der Waals surface area contributed by atoms with E-state index in [1.165, 1.54) is 37.9 Å². The third kappa shape index (κ3) is 5.36. The Morgan fingerprint density at radius 2 is 1.14 bits per heavy atom. The summed E-state index contributed by atoms with van der Waals surface area (Å²) in [5.41, 5.74) is 1.25. The number of aliphatic hydroxyl groups excluding tert-OH is 2. The van der Waals surface area contributed by atoms with Gasteiger partial charge in [0.05, 0.1) is 76.7 Å². The fourth-order valence-corrected chi connectivity index (χ4v) is 6.93. The molecule has 3 aliphatic heterocycles. The highest BCUT2D eigenvalue weighted by molar-refractivity contribution is 7.98. The Bertz CT molecular complexity index is 1130. The van der Waals surface area contributed by atoms with Crippen molar-refractivity contribution in [3.05, 3.63) is 27.3 Å². The van der Waals surface area contributed by atoms with E-state index in [2.05, 4.69) is 29.7 Å². The van der Waals surface area contributed by atoms with Crippen molar-refractivity contribution in [2.24, 2.45) is 0 Å². The van der Waals surface area contributed by atoms with Crippen LogP contribution in [-0.4, -0.2) is 124 Å². The number of anilines is 2. The number of halogens is 2. The standard InChI is InChI=1S/C24H36Cl2N8O2S/c1-17-27-20(25)18(15-35)22(28-17)31-3-7-33(8-4-31)11-13-34(14-12-33)9-5-32(6-10-34)23-19(16-36)21(26)29-24(30-23)37-2/h35-36H,3-16H2,1-2H3/q+2. The second-order valence-corrected chi connectivity index (χ2v) is 11.9. The van der Waals surface area contributed by atoms with Gasteiger partial charge in [0.1, 0.15) is 53.9 Å². The average Bonchev–Trinajstić information content (AvgIpc) is 2.91. The molecular formula is C24H36Cl2N8O2S+2. The van der Waals surface area contributed by atoms with Crippen LogP contribution in [0.1, 0.15) is 17.0 Å². The topological polar surface area (TPSA) is 98.5 Å². The molecule has 3 fully saturated rings. The van der Waals surface area contributed by atoms with Crippen LogP contribution in [0.3, 0.4) is 0 Å². The van der Waals surface area contributed by atoms with Gasteiger partial charge in [0, 0.05) is 0 Å². The summed E-state index contributed by atoms with van der Waals surface area (Å²) in [6.07, 6.45) is 1.94. The molecule has 5 heterocycles. The minimum absolute atomic E-state index is 0.151. The Labute approximate surface area is 232 Å². The fourth-order valence-electron chi connectivity index (χ4n) is 6.03. The number of quaternary nitrogens is 2. The zero-order valence-corrected chi connectivity index (χ0v) is 23.9. The van der Waals surface area contributed by atoms with Crippen LogP contribution in [0.5, 0.6) is 0 Å². The van der Waals surface area contributed by atoms with Crippen molar-refractivity contribution in [3.8, 4) is 0 Å². The monoisotopic (exact) mass is 570 g/mol. The van der Waals surface area contributed by atoms with E-state index >= 15 is 0 Å². The Kier molecular flexibility index (Phi) is 8.03. The molecule has 37 heavy (non-hydrogen) atoms. The van der Waals surface area contributed by atoms with Crippen LogP contribution in [0.4, 0.5) is 11.6 Å². The van der Waals surface area contributed by atoms with Gasteiger partial charge in [-0.3, -0.25) is 0 Å². The second kappa shape index (κ2) is 11.0. The molecule has 13 heteroatoms. The lowest BCUT2D eigenvalue weighted by Crippen LogP contribution is -2.73. The summed E-state index contributed by atoms with van der Waals surface area (Å²) in [6, 6.07) is 0. The lowest BCUT2D eigenvalue weighted by Gasteiger charge is -2.54. The predicted octanol–water partition coefficient (Wildman–Crippen LogP) is 1.58. The Balaban J connectivity index is 1.20. The van der Waals surface area contributed by atoms with Crippen LogP contribution < -0.4 is 9.80 Å². The Morgan fingerprint density at radius 3 is 1.57 bits per heavy atom. The molecule has 0 unspecified atom stereocenters. The number of hydrogen-bond donors (Lipinski definition) is 2. The van der Waals surface area contributed by atoms with E-state index in [1.807, 2.05) is 13.2 Å². The van der Waals surface area contributed by atoms with Gasteiger partial charge in [0.2, 0.25) is 0 Å². The van der Waals surface area contributed by atoms with Gasteiger partial charge in [-0.2, -0.15) is 0 Å². The third-order valence-corrected chi connectivity index (χ3v) is 9.71. The molecule has 5 rings (SSSR count). The number of rotatable bonds is 5. The highest BCUT2D eigenvalue weighted by Crippen LogP contribution is 2.32. The van der Waals surface area contributed by atoms with Crippen LogP contribution in [0, 0.1) is 6.92 Å². The van der Waals surface area contributed by atoms with E-state index in [9.17, 15) is 10.2 Å². The zero-order valence-electron chi connectivity index (χ0n) is 21.5. The maximum Gasteiger partial charge on any atom is 0.190 e. The van der Waals surface area contributed by atoms with Gasteiger partial charge in [0.15, 0.2) is 5.16 Å². The molecule has 0 aromatic carbocycles. The van der Waals surface area contributed by atoms with Gasteiger partial charge in [-0.1, -0.05) is 35.0 Å². The molecule has 3 saturated heterocycles. The lowest BCUT2D eigenvalue weighted by molar-refractivity contribution is -1.03. The highest BCUT2D eigenvalue weighted by atomic mass is 35.5. The van der Waals surface area contributed by atoms with E-state index in [-0.39, 0.29) is 13.2 Å². The Morgan fingerprint density at radius 1 is 0.703 bits per heavy atom. The summed E-state index contributed by atoms with van der Waals surface area (Å²) in [5.74, 6) is 2.20. The molecule has 0 atom stereocenters. The molecule has 2 aromatic rings. The van der Waals surface area contributed by atoms with E-state index in [0.717, 1.165) is 73.0 Å². The molecule has 0 bridgehead atoms. The van der Waals surface area contributed by atoms with E-state index in [4.69, 9.17) is 23.2 Å². The van der Waals surface area contributed by atoms with E-state index in [0.29, 0.717) is 32.4 Å². The molecule has 0 amide bonds. The number of aromatic nitrogens is 4. The zero-order chi connectivity index (χ0) is 26.2. The van der Waals surface area contributed by atoms with E-state index < -0.39 is 0 Å². The summed E-state index contributed by atoms with van der Waals surface area (Å²) in [5, 5.41) is 21.1. The highest BCUT2D eigenvalue weighted by Gasteiger charge is 2.45. The molecule has 10 nitrogen and oxygen atoms in total. The Hall–Kier alpha value is -1.47. The normalized spacial score (nSPS) is 21.1. The summed E-state index contributed by atoms with van der Waals surface area (Å²) in [4.78, 5) is 22.3. The quantitative estimate of drug-likeness (QED) is 0.240. The first-order valence-corrected chi connectivity index (χ1v) is 14.8. The average molecular weight is 572 g/mol. The molecule has 0 radical (unpaired) electrons. The van der Waals surface area contributed by atoms with Crippen molar-refractivity contribution in [2.45, 2.75) is 25.3 Å². The molecule has 0 saturated carbocycles. The van der Waals surface area contributed by atoms with Crippen molar-refractivity contribution in [3.63, 3.8) is 0 Å². The smallest absolute Gasteiger partial charge is 0.190 e. The first kappa shape index (κ1) is 27.1. The minimum atomic E-state index is -0.156. The largest absolute Gasteiger partial charge is 0.391 e. The molecule has 2 aromatic heterocycles. The molecule has 0 aliphatic carbocycles. The van der Waals surface area contributed by atoms with Crippen molar-refractivity contribution in [1.29, 1.82) is 0 Å². The number of nitrogens with zero attached hydrogens (tertiary/aromatic N) is 8. The first-order chi connectivity index (χ1) is 17.8. The number of thioether (sulfide) groups is 1. The van der Waals surface area contributed by atoms with Crippen LogP contribution >= 0.6 is 35.0 Å². The van der Waals surface area contributed by atoms with Crippen LogP contribution in [0.25, 0.3) is 0 Å². The van der Waals surface area contributed by atoms with Crippen molar-refractivity contribution >= 4 is 46.6 Å². The van der Waals surface area contributed by atoms with Gasteiger partial charge in [-0.05, 0) is 13.2 Å². The minimum Gasteiger partial charge on any atom is -0.391 e. The van der Waals surface area contributed by atoms with Crippen LogP contribution in [0.15, 0.2) is 5.16 Å². The predicted molar refractivity (Wildman–Crippen MR) is 146 cm³/mol. The van der Waals surface area contributed by atoms with Gasteiger partial charge < -0.3 is 29.0 Å². The summed E-state index contributed by atoms with van der Waals surface area (Å²) in [6.45, 7) is 14.2. The number of hydrogen-bond acceptors (Lipinski definition) is 9. The molecule has 202 valence electrons. The summed E-state index contributed by atoms with van der Waals surface area (Å²) in [7, 11) is 0. The van der Waals surface area contributed by atoms with Crippen LogP contribution in [-0.2, 0) is 13.2 Å². The van der Waals surface area contributed by atoms with Crippen molar-refractivity contribution in [2.75, 3.05) is 94.6 Å². The second-order valence-electron chi connectivity index (χ2n) is 10.4. The molecule has 2 spiro atoms. The number of aryl methyl sites for hydroxylation is 1. The van der Waals surface area contributed by atoms with Gasteiger partial charge in [-0.15, -0.1) is 0 Å². The first-order valence-electron chi connectivity index (χ1n) is 12.9. The van der Waals surface area contributed by atoms with Crippen LogP contribution in [0.2, 0.25) is 10.3 Å².